The highest BCUT2D eigenvalue weighted by molar-refractivity contribution is 5.41. The molecular formula is C16H23N5. The molecule has 112 valence electrons. The Balaban J connectivity index is 1.79. The van der Waals surface area contributed by atoms with Crippen molar-refractivity contribution in [3.63, 3.8) is 0 Å². The van der Waals surface area contributed by atoms with Gasteiger partial charge in [0.25, 0.3) is 0 Å². The van der Waals surface area contributed by atoms with Crippen LogP contribution in [0.4, 0.5) is 5.82 Å². The number of aryl methyl sites for hydroxylation is 2. The molecule has 1 N–H and O–H groups in total. The van der Waals surface area contributed by atoms with Gasteiger partial charge in [-0.25, -0.2) is 9.97 Å². The summed E-state index contributed by atoms with van der Waals surface area (Å²) in [5.74, 6) is 2.57. The lowest BCUT2D eigenvalue weighted by Gasteiger charge is -2.33. The molecule has 0 saturated carbocycles. The lowest BCUT2D eigenvalue weighted by molar-refractivity contribution is 0.497. The topological polar surface area (TPSA) is 57.7 Å². The molecule has 5 nitrogen and oxygen atoms in total. The fourth-order valence-corrected chi connectivity index (χ4v) is 3.04. The lowest BCUT2D eigenvalue weighted by atomic mass is 9.95. The number of hydrogen-bond donors (Lipinski definition) is 1. The zero-order valence-corrected chi connectivity index (χ0v) is 12.8. The number of aromatic amines is 1. The highest BCUT2D eigenvalue weighted by Gasteiger charge is 2.23. The molecule has 0 amide bonds. The number of nitrogens with one attached hydrogen (secondary N) is 1. The number of H-pyrrole nitrogens is 1. The Bertz CT molecular complexity index is 578. The van der Waals surface area contributed by atoms with Gasteiger partial charge in [0.2, 0.25) is 0 Å². The predicted octanol–water partition coefficient (Wildman–Crippen LogP) is 2.84. The predicted molar refractivity (Wildman–Crippen MR) is 83.5 cm³/mol. The number of rotatable bonds is 4. The number of hydrogen-bond acceptors (Lipinski definition) is 4. The van der Waals surface area contributed by atoms with Crippen LogP contribution in [0.15, 0.2) is 18.3 Å². The quantitative estimate of drug-likeness (QED) is 0.938. The first-order chi connectivity index (χ1) is 10.3. The van der Waals surface area contributed by atoms with Crippen LogP contribution in [0.1, 0.15) is 49.3 Å². The molecule has 1 fully saturated rings. The van der Waals surface area contributed by atoms with Crippen LogP contribution in [-0.2, 0) is 6.42 Å². The van der Waals surface area contributed by atoms with E-state index < -0.39 is 0 Å². The fourth-order valence-electron chi connectivity index (χ4n) is 3.04. The largest absolute Gasteiger partial charge is 0.356 e. The molecule has 2 aromatic heterocycles. The molecule has 0 unspecified atom stereocenters. The fraction of sp³-hybridized carbons (Fsp3) is 0.562. The summed E-state index contributed by atoms with van der Waals surface area (Å²) in [4.78, 5) is 11.7. The first kappa shape index (κ1) is 14.0. The van der Waals surface area contributed by atoms with Crippen molar-refractivity contribution in [1.29, 1.82) is 0 Å². The van der Waals surface area contributed by atoms with Crippen molar-refractivity contribution in [3.05, 3.63) is 35.5 Å². The summed E-state index contributed by atoms with van der Waals surface area (Å²) in [6.07, 6.45) is 6.27. The van der Waals surface area contributed by atoms with Crippen LogP contribution in [0.2, 0.25) is 0 Å². The van der Waals surface area contributed by atoms with Crippen molar-refractivity contribution in [2.45, 2.75) is 45.4 Å². The van der Waals surface area contributed by atoms with Gasteiger partial charge in [-0.1, -0.05) is 6.92 Å². The van der Waals surface area contributed by atoms with E-state index >= 15 is 0 Å². The molecule has 0 radical (unpaired) electrons. The summed E-state index contributed by atoms with van der Waals surface area (Å²) in [5.41, 5.74) is 2.30. The summed E-state index contributed by atoms with van der Waals surface area (Å²) < 4.78 is 0. The van der Waals surface area contributed by atoms with Gasteiger partial charge >= 0.3 is 0 Å². The molecule has 1 aliphatic heterocycles. The maximum atomic E-state index is 4.75. The van der Waals surface area contributed by atoms with E-state index in [-0.39, 0.29) is 0 Å². The van der Waals surface area contributed by atoms with Crippen LogP contribution in [0, 0.1) is 6.92 Å². The van der Waals surface area contributed by atoms with E-state index in [0.717, 1.165) is 43.3 Å². The highest BCUT2D eigenvalue weighted by Crippen LogP contribution is 2.28. The van der Waals surface area contributed by atoms with Gasteiger partial charge in [0.15, 0.2) is 0 Å². The van der Waals surface area contributed by atoms with Crippen LogP contribution < -0.4 is 4.90 Å². The normalized spacial score (nSPS) is 19.0. The van der Waals surface area contributed by atoms with Gasteiger partial charge in [-0.05, 0) is 32.3 Å². The summed E-state index contributed by atoms with van der Waals surface area (Å²) in [6, 6.07) is 4.19. The second-order valence-corrected chi connectivity index (χ2v) is 5.83. The van der Waals surface area contributed by atoms with Gasteiger partial charge in [0.05, 0.1) is 0 Å². The van der Waals surface area contributed by atoms with Gasteiger partial charge < -0.3 is 4.90 Å². The molecule has 3 heterocycles. The summed E-state index contributed by atoms with van der Waals surface area (Å²) in [5, 5.41) is 7.19. The van der Waals surface area contributed by atoms with E-state index in [1.54, 1.807) is 0 Å². The molecule has 2 aromatic rings. The van der Waals surface area contributed by atoms with E-state index in [1.807, 2.05) is 6.20 Å². The zero-order valence-electron chi connectivity index (χ0n) is 12.8. The van der Waals surface area contributed by atoms with Gasteiger partial charge in [-0.2, -0.15) is 5.10 Å². The Morgan fingerprint density at radius 1 is 1.38 bits per heavy atom. The molecular weight excluding hydrogens is 262 g/mol. The average Bonchev–Trinajstić information content (AvgIpc) is 3.01. The van der Waals surface area contributed by atoms with Crippen molar-refractivity contribution in [1.82, 2.24) is 20.2 Å². The Morgan fingerprint density at radius 3 is 3.05 bits per heavy atom. The molecule has 21 heavy (non-hydrogen) atoms. The third kappa shape index (κ3) is 3.23. The van der Waals surface area contributed by atoms with Crippen molar-refractivity contribution in [3.8, 4) is 0 Å². The van der Waals surface area contributed by atoms with E-state index in [1.165, 1.54) is 18.5 Å². The number of aromatic nitrogens is 4. The van der Waals surface area contributed by atoms with Crippen molar-refractivity contribution < 1.29 is 0 Å². The van der Waals surface area contributed by atoms with Crippen molar-refractivity contribution >= 4 is 5.82 Å². The van der Waals surface area contributed by atoms with E-state index in [9.17, 15) is 0 Å². The summed E-state index contributed by atoms with van der Waals surface area (Å²) in [7, 11) is 0. The molecule has 1 saturated heterocycles. The first-order valence-electron chi connectivity index (χ1n) is 7.85. The van der Waals surface area contributed by atoms with Crippen molar-refractivity contribution in [2.24, 2.45) is 0 Å². The molecule has 0 aromatic carbocycles. The molecule has 0 bridgehead atoms. The highest BCUT2D eigenvalue weighted by atomic mass is 15.2. The minimum atomic E-state index is 0.520. The third-order valence-electron chi connectivity index (χ3n) is 4.07. The minimum absolute atomic E-state index is 0.520. The maximum Gasteiger partial charge on any atom is 0.132 e. The van der Waals surface area contributed by atoms with Crippen molar-refractivity contribution in [2.75, 3.05) is 18.0 Å². The molecule has 0 aliphatic carbocycles. The zero-order chi connectivity index (χ0) is 14.7. The SMILES string of the molecule is CCCc1nc(C)cc(N2CCC[C@@H](c3ccn[nH]3)C2)n1. The Hall–Kier alpha value is -1.91. The Labute approximate surface area is 125 Å². The molecule has 5 heteroatoms. The van der Waals surface area contributed by atoms with Gasteiger partial charge in [0.1, 0.15) is 11.6 Å². The minimum Gasteiger partial charge on any atom is -0.356 e. The number of anilines is 1. The van der Waals surface area contributed by atoms with Gasteiger partial charge in [-0.3, -0.25) is 5.10 Å². The number of nitrogens with zero attached hydrogens (tertiary/aromatic N) is 4. The Kier molecular flexibility index (Phi) is 4.18. The lowest BCUT2D eigenvalue weighted by Crippen LogP contribution is -2.35. The van der Waals surface area contributed by atoms with Crippen LogP contribution in [0.25, 0.3) is 0 Å². The standard InChI is InChI=1S/C16H23N5/c1-3-5-15-18-12(2)10-16(19-15)21-9-4-6-13(11-21)14-7-8-17-20-14/h7-8,10,13H,3-6,9,11H2,1-2H3,(H,17,20)/t13-/m1/s1. The monoisotopic (exact) mass is 285 g/mol. The average molecular weight is 285 g/mol. The van der Waals surface area contributed by atoms with Crippen LogP contribution in [-0.4, -0.2) is 33.3 Å². The van der Waals surface area contributed by atoms with E-state index in [2.05, 4.69) is 46.1 Å². The van der Waals surface area contributed by atoms with Gasteiger partial charge in [0, 0.05) is 49.1 Å². The number of piperidine rings is 1. The second-order valence-electron chi connectivity index (χ2n) is 5.83. The third-order valence-corrected chi connectivity index (χ3v) is 4.07. The molecule has 1 aliphatic rings. The van der Waals surface area contributed by atoms with Crippen LogP contribution in [0.5, 0.6) is 0 Å². The van der Waals surface area contributed by atoms with E-state index in [0.29, 0.717) is 5.92 Å². The molecule has 0 spiro atoms. The first-order valence-corrected chi connectivity index (χ1v) is 7.85. The summed E-state index contributed by atoms with van der Waals surface area (Å²) >= 11 is 0. The maximum absolute atomic E-state index is 4.75. The Morgan fingerprint density at radius 2 is 2.29 bits per heavy atom. The second kappa shape index (κ2) is 6.24. The smallest absolute Gasteiger partial charge is 0.132 e. The molecule has 1 atom stereocenters. The van der Waals surface area contributed by atoms with Gasteiger partial charge in [-0.15, -0.1) is 0 Å². The summed E-state index contributed by atoms with van der Waals surface area (Å²) in [6.45, 7) is 6.30. The van der Waals surface area contributed by atoms with E-state index in [4.69, 9.17) is 4.98 Å². The van der Waals surface area contributed by atoms with Crippen LogP contribution >= 0.6 is 0 Å². The molecule has 3 rings (SSSR count). The van der Waals surface area contributed by atoms with Crippen LogP contribution in [0.3, 0.4) is 0 Å².